The molecular formula is C18H38N4O2. The summed E-state index contributed by atoms with van der Waals surface area (Å²) >= 11 is 0. The number of rotatable bonds is 14. The Hall–Kier alpha value is -0.850. The average Bonchev–Trinajstić information content (AvgIpc) is 3.10. The number of nitrogens with zero attached hydrogens (tertiary/aromatic N) is 2. The lowest BCUT2D eigenvalue weighted by molar-refractivity contribution is 0.0487. The molecule has 0 aromatic heterocycles. The largest absolute Gasteiger partial charge is 0.379 e. The van der Waals surface area contributed by atoms with Crippen LogP contribution in [0, 0.1) is 0 Å². The Morgan fingerprint density at radius 1 is 0.958 bits per heavy atom. The van der Waals surface area contributed by atoms with Crippen molar-refractivity contribution in [1.29, 1.82) is 0 Å². The molecule has 142 valence electrons. The van der Waals surface area contributed by atoms with Gasteiger partial charge in [0.1, 0.15) is 0 Å². The molecule has 0 amide bonds. The first-order valence-electron chi connectivity index (χ1n) is 9.76. The number of guanidine groups is 1. The monoisotopic (exact) mass is 342 g/mol. The van der Waals surface area contributed by atoms with E-state index < -0.39 is 0 Å². The summed E-state index contributed by atoms with van der Waals surface area (Å²) in [7, 11) is 0. The second-order valence-electron chi connectivity index (χ2n) is 6.17. The fraction of sp³-hybridized carbons (Fsp3) is 0.944. The van der Waals surface area contributed by atoms with Gasteiger partial charge in [-0.2, -0.15) is 0 Å². The zero-order valence-corrected chi connectivity index (χ0v) is 15.8. The van der Waals surface area contributed by atoms with Crippen LogP contribution in [0.15, 0.2) is 4.99 Å². The first-order valence-corrected chi connectivity index (χ1v) is 9.76. The topological polar surface area (TPSA) is 58.1 Å². The molecule has 0 aromatic carbocycles. The van der Waals surface area contributed by atoms with Crippen molar-refractivity contribution in [2.24, 2.45) is 4.99 Å². The molecule has 0 aliphatic carbocycles. The van der Waals surface area contributed by atoms with Gasteiger partial charge in [-0.1, -0.05) is 13.3 Å². The van der Waals surface area contributed by atoms with Gasteiger partial charge in [0.2, 0.25) is 0 Å². The fourth-order valence-corrected chi connectivity index (χ4v) is 2.64. The number of likely N-dealkylation sites (tertiary alicyclic amines) is 1. The lowest BCUT2D eigenvalue weighted by atomic mass is 10.4. The number of aliphatic imine (C=N–C) groups is 1. The van der Waals surface area contributed by atoms with Crippen LogP contribution in [0.5, 0.6) is 0 Å². The summed E-state index contributed by atoms with van der Waals surface area (Å²) in [6.45, 7) is 13.3. The Labute approximate surface area is 148 Å². The van der Waals surface area contributed by atoms with Crippen LogP contribution in [-0.2, 0) is 9.47 Å². The van der Waals surface area contributed by atoms with Crippen LogP contribution in [0.4, 0.5) is 0 Å². The Balaban J connectivity index is 1.99. The highest BCUT2D eigenvalue weighted by Crippen LogP contribution is 2.07. The minimum atomic E-state index is 0.662. The molecule has 24 heavy (non-hydrogen) atoms. The summed E-state index contributed by atoms with van der Waals surface area (Å²) in [6.07, 6.45) is 6.15. The van der Waals surface area contributed by atoms with Crippen molar-refractivity contribution in [2.45, 2.75) is 46.0 Å². The summed E-state index contributed by atoms with van der Waals surface area (Å²) in [5.74, 6) is 0.890. The summed E-state index contributed by atoms with van der Waals surface area (Å²) in [5.41, 5.74) is 0. The molecule has 0 saturated carbocycles. The van der Waals surface area contributed by atoms with Gasteiger partial charge in [-0.25, -0.2) is 0 Å². The molecule has 6 nitrogen and oxygen atoms in total. The summed E-state index contributed by atoms with van der Waals surface area (Å²) in [4.78, 5) is 7.16. The second-order valence-corrected chi connectivity index (χ2v) is 6.17. The van der Waals surface area contributed by atoms with Crippen molar-refractivity contribution >= 4 is 5.96 Å². The lowest BCUT2D eigenvalue weighted by Gasteiger charge is -2.14. The molecule has 0 radical (unpaired) electrons. The molecule has 1 aliphatic rings. The normalized spacial score (nSPS) is 15.8. The molecular weight excluding hydrogens is 304 g/mol. The van der Waals surface area contributed by atoms with Crippen molar-refractivity contribution in [3.8, 4) is 0 Å². The smallest absolute Gasteiger partial charge is 0.191 e. The molecule has 1 heterocycles. The van der Waals surface area contributed by atoms with Crippen molar-refractivity contribution in [2.75, 3.05) is 65.7 Å². The van der Waals surface area contributed by atoms with E-state index in [-0.39, 0.29) is 0 Å². The van der Waals surface area contributed by atoms with Gasteiger partial charge >= 0.3 is 0 Å². The number of hydrogen-bond donors (Lipinski definition) is 2. The number of ether oxygens (including phenoxy) is 2. The molecule has 0 spiro atoms. The second kappa shape index (κ2) is 15.7. The van der Waals surface area contributed by atoms with E-state index in [1.807, 2.05) is 0 Å². The third-order valence-corrected chi connectivity index (χ3v) is 4.00. The molecule has 0 unspecified atom stereocenters. The van der Waals surface area contributed by atoms with Crippen molar-refractivity contribution in [3.63, 3.8) is 0 Å². The summed E-state index contributed by atoms with van der Waals surface area (Å²) in [5, 5.41) is 6.60. The highest BCUT2D eigenvalue weighted by Gasteiger charge is 2.09. The van der Waals surface area contributed by atoms with E-state index in [9.17, 15) is 0 Å². The van der Waals surface area contributed by atoms with Gasteiger partial charge in [0, 0.05) is 26.2 Å². The molecule has 1 saturated heterocycles. The predicted octanol–water partition coefficient (Wildman–Crippen LogP) is 1.86. The first kappa shape index (κ1) is 21.2. The Kier molecular flexibility index (Phi) is 13.8. The maximum absolute atomic E-state index is 5.56. The van der Waals surface area contributed by atoms with Gasteiger partial charge in [0.25, 0.3) is 0 Å². The quantitative estimate of drug-likeness (QED) is 0.287. The third kappa shape index (κ3) is 11.6. The first-order chi connectivity index (χ1) is 11.9. The van der Waals surface area contributed by atoms with Gasteiger partial charge in [-0.3, -0.25) is 4.99 Å². The van der Waals surface area contributed by atoms with Crippen molar-refractivity contribution in [1.82, 2.24) is 15.5 Å². The van der Waals surface area contributed by atoms with E-state index in [1.165, 1.54) is 38.9 Å². The molecule has 0 bridgehead atoms. The van der Waals surface area contributed by atoms with E-state index in [2.05, 4.69) is 34.4 Å². The van der Waals surface area contributed by atoms with Gasteiger partial charge in [-0.15, -0.1) is 0 Å². The standard InChI is InChI=1S/C18H38N4O2/c1-3-5-14-23-16-17-24-15-10-21-18(19-4-2)20-9-8-13-22-11-6-7-12-22/h3-17H2,1-2H3,(H2,19,20,21). The fourth-order valence-electron chi connectivity index (χ4n) is 2.64. The highest BCUT2D eigenvalue weighted by atomic mass is 16.5. The van der Waals surface area contributed by atoms with Crippen molar-refractivity contribution < 1.29 is 9.47 Å². The van der Waals surface area contributed by atoms with Crippen LogP contribution in [0.3, 0.4) is 0 Å². The molecule has 2 N–H and O–H groups in total. The van der Waals surface area contributed by atoms with Crippen LogP contribution >= 0.6 is 0 Å². The minimum Gasteiger partial charge on any atom is -0.379 e. The highest BCUT2D eigenvalue weighted by molar-refractivity contribution is 5.79. The van der Waals surface area contributed by atoms with E-state index in [0.29, 0.717) is 19.8 Å². The van der Waals surface area contributed by atoms with E-state index in [4.69, 9.17) is 9.47 Å². The van der Waals surface area contributed by atoms with Gasteiger partial charge in [0.05, 0.1) is 19.8 Å². The van der Waals surface area contributed by atoms with E-state index >= 15 is 0 Å². The van der Waals surface area contributed by atoms with Gasteiger partial charge < -0.3 is 25.0 Å². The third-order valence-electron chi connectivity index (χ3n) is 4.00. The van der Waals surface area contributed by atoms with E-state index in [1.54, 1.807) is 0 Å². The lowest BCUT2D eigenvalue weighted by Crippen LogP contribution is -2.39. The average molecular weight is 343 g/mol. The zero-order valence-electron chi connectivity index (χ0n) is 15.8. The van der Waals surface area contributed by atoms with Gasteiger partial charge in [0.15, 0.2) is 5.96 Å². The Morgan fingerprint density at radius 2 is 1.71 bits per heavy atom. The van der Waals surface area contributed by atoms with Crippen molar-refractivity contribution in [3.05, 3.63) is 0 Å². The van der Waals surface area contributed by atoms with E-state index in [0.717, 1.165) is 45.0 Å². The van der Waals surface area contributed by atoms with Crippen LogP contribution < -0.4 is 10.6 Å². The Morgan fingerprint density at radius 3 is 2.42 bits per heavy atom. The summed E-state index contributed by atoms with van der Waals surface area (Å²) in [6, 6.07) is 0. The maximum Gasteiger partial charge on any atom is 0.191 e. The SMILES string of the molecule is CCCCOCCOCCNC(=NCCCN1CCCC1)NCC. The van der Waals surface area contributed by atoms with Crippen LogP contribution in [0.2, 0.25) is 0 Å². The predicted molar refractivity (Wildman–Crippen MR) is 101 cm³/mol. The number of unbranched alkanes of at least 4 members (excludes halogenated alkanes) is 1. The molecule has 1 rings (SSSR count). The molecule has 1 fully saturated rings. The molecule has 1 aliphatic heterocycles. The van der Waals surface area contributed by atoms with Crippen LogP contribution in [-0.4, -0.2) is 76.6 Å². The van der Waals surface area contributed by atoms with Crippen LogP contribution in [0.25, 0.3) is 0 Å². The minimum absolute atomic E-state index is 0.662. The van der Waals surface area contributed by atoms with Gasteiger partial charge in [-0.05, 0) is 52.2 Å². The molecule has 0 aromatic rings. The molecule has 0 atom stereocenters. The number of hydrogen-bond acceptors (Lipinski definition) is 4. The summed E-state index contributed by atoms with van der Waals surface area (Å²) < 4.78 is 11.0. The zero-order chi connectivity index (χ0) is 17.3. The molecule has 6 heteroatoms. The number of nitrogens with one attached hydrogen (secondary N) is 2. The maximum atomic E-state index is 5.56. The Bertz CT molecular complexity index is 307. The van der Waals surface area contributed by atoms with Crippen LogP contribution in [0.1, 0.15) is 46.0 Å².